The van der Waals surface area contributed by atoms with E-state index in [1.807, 2.05) is 13.8 Å². The third kappa shape index (κ3) is 0.969. The summed E-state index contributed by atoms with van der Waals surface area (Å²) in [6.45, 7) is 7.27. The number of allylic oxidation sites excluding steroid dienone is 1. The molecule has 9 heavy (non-hydrogen) atoms. The summed E-state index contributed by atoms with van der Waals surface area (Å²) in [5.74, 6) is 0.428. The van der Waals surface area contributed by atoms with Gasteiger partial charge < -0.3 is 4.74 Å². The van der Waals surface area contributed by atoms with Crippen LogP contribution in [0.1, 0.15) is 20.3 Å². The number of carbonyl (C=O) groups is 1. The normalized spacial score (nSPS) is 24.2. The van der Waals surface area contributed by atoms with E-state index in [0.29, 0.717) is 12.2 Å². The molecule has 0 spiro atoms. The zero-order valence-electron chi connectivity index (χ0n) is 5.73. The molecule has 2 nitrogen and oxygen atoms in total. The van der Waals surface area contributed by atoms with Crippen molar-refractivity contribution < 1.29 is 9.53 Å². The first-order chi connectivity index (χ1) is 4.02. The van der Waals surface area contributed by atoms with E-state index in [4.69, 9.17) is 4.74 Å². The van der Waals surface area contributed by atoms with Crippen LogP contribution in [0, 0.1) is 5.41 Å². The van der Waals surface area contributed by atoms with Gasteiger partial charge >= 0.3 is 5.97 Å². The van der Waals surface area contributed by atoms with Crippen LogP contribution in [-0.2, 0) is 9.53 Å². The molecule has 0 aromatic carbocycles. The molecule has 1 aliphatic rings. The lowest BCUT2D eigenvalue weighted by Gasteiger charge is -2.07. The number of hydrogen-bond donors (Lipinski definition) is 0. The molecule has 0 radical (unpaired) electrons. The lowest BCUT2D eigenvalue weighted by molar-refractivity contribution is -0.142. The molecule has 1 rings (SSSR count). The zero-order chi connectivity index (χ0) is 7.07. The van der Waals surface area contributed by atoms with Crippen LogP contribution in [-0.4, -0.2) is 5.97 Å². The van der Waals surface area contributed by atoms with E-state index in [1.54, 1.807) is 0 Å². The molecule has 0 bridgehead atoms. The molecular weight excluding hydrogens is 116 g/mol. The minimum absolute atomic E-state index is 0.160. The fourth-order valence-electron chi connectivity index (χ4n) is 0.870. The first kappa shape index (κ1) is 6.33. The molecule has 50 valence electrons. The summed E-state index contributed by atoms with van der Waals surface area (Å²) in [4.78, 5) is 10.8. The summed E-state index contributed by atoms with van der Waals surface area (Å²) >= 11 is 0. The van der Waals surface area contributed by atoms with Gasteiger partial charge in [0.25, 0.3) is 0 Å². The highest BCUT2D eigenvalue weighted by Crippen LogP contribution is 2.33. The van der Waals surface area contributed by atoms with E-state index in [2.05, 4.69) is 6.58 Å². The molecule has 0 aromatic rings. The standard InChI is InChI=1S/C7H10O2/c1-5-4-7(2,3)6(8)9-5/h1,4H2,2-3H3. The van der Waals surface area contributed by atoms with Crippen molar-refractivity contribution in [3.05, 3.63) is 12.3 Å². The molecule has 0 unspecified atom stereocenters. The van der Waals surface area contributed by atoms with Gasteiger partial charge in [-0.3, -0.25) is 4.79 Å². The number of esters is 1. The first-order valence-corrected chi connectivity index (χ1v) is 2.92. The second-order valence-electron chi connectivity index (χ2n) is 2.99. The van der Waals surface area contributed by atoms with Gasteiger partial charge in [0, 0.05) is 6.42 Å². The summed E-state index contributed by atoms with van der Waals surface area (Å²) in [5, 5.41) is 0. The van der Waals surface area contributed by atoms with Crippen molar-refractivity contribution in [3.8, 4) is 0 Å². The minimum atomic E-state index is -0.336. The molecule has 2 heteroatoms. The van der Waals surface area contributed by atoms with Crippen molar-refractivity contribution in [2.45, 2.75) is 20.3 Å². The summed E-state index contributed by atoms with van der Waals surface area (Å²) in [6.07, 6.45) is 0.659. The molecule has 1 aliphatic heterocycles. The van der Waals surface area contributed by atoms with Gasteiger partial charge in [-0.25, -0.2) is 0 Å². The Kier molecular flexibility index (Phi) is 1.12. The molecular formula is C7H10O2. The van der Waals surface area contributed by atoms with Gasteiger partial charge in [0.05, 0.1) is 5.41 Å². The van der Waals surface area contributed by atoms with Crippen molar-refractivity contribution in [3.63, 3.8) is 0 Å². The molecule has 0 aliphatic carbocycles. The van der Waals surface area contributed by atoms with E-state index < -0.39 is 0 Å². The van der Waals surface area contributed by atoms with Crippen molar-refractivity contribution in [2.24, 2.45) is 5.41 Å². The van der Waals surface area contributed by atoms with E-state index in [1.165, 1.54) is 0 Å². The lowest BCUT2D eigenvalue weighted by Crippen LogP contribution is -2.16. The molecule has 1 heterocycles. The summed E-state index contributed by atoms with van der Waals surface area (Å²) < 4.78 is 4.74. The summed E-state index contributed by atoms with van der Waals surface area (Å²) in [5.41, 5.74) is -0.336. The first-order valence-electron chi connectivity index (χ1n) is 2.92. The maximum atomic E-state index is 10.8. The van der Waals surface area contributed by atoms with Crippen LogP contribution in [0.2, 0.25) is 0 Å². The second kappa shape index (κ2) is 1.59. The van der Waals surface area contributed by atoms with Crippen molar-refractivity contribution in [1.82, 2.24) is 0 Å². The van der Waals surface area contributed by atoms with Crippen LogP contribution in [0.15, 0.2) is 12.3 Å². The van der Waals surface area contributed by atoms with E-state index >= 15 is 0 Å². The van der Waals surface area contributed by atoms with Gasteiger partial charge in [0.2, 0.25) is 0 Å². The van der Waals surface area contributed by atoms with Crippen LogP contribution >= 0.6 is 0 Å². The van der Waals surface area contributed by atoms with Gasteiger partial charge in [-0.15, -0.1) is 0 Å². The van der Waals surface area contributed by atoms with E-state index in [-0.39, 0.29) is 11.4 Å². The van der Waals surface area contributed by atoms with Crippen LogP contribution < -0.4 is 0 Å². The second-order valence-corrected chi connectivity index (χ2v) is 2.99. The van der Waals surface area contributed by atoms with Crippen LogP contribution in [0.25, 0.3) is 0 Å². The van der Waals surface area contributed by atoms with E-state index in [9.17, 15) is 4.79 Å². The van der Waals surface area contributed by atoms with Crippen LogP contribution in [0.3, 0.4) is 0 Å². The van der Waals surface area contributed by atoms with Gasteiger partial charge in [0.15, 0.2) is 0 Å². The molecule has 0 saturated carbocycles. The molecule has 0 amide bonds. The maximum Gasteiger partial charge on any atom is 0.317 e. The predicted molar refractivity (Wildman–Crippen MR) is 33.6 cm³/mol. The highest BCUT2D eigenvalue weighted by Gasteiger charge is 2.37. The minimum Gasteiger partial charge on any atom is -0.431 e. The van der Waals surface area contributed by atoms with Gasteiger partial charge in [-0.2, -0.15) is 0 Å². The van der Waals surface area contributed by atoms with Crippen LogP contribution in [0.4, 0.5) is 0 Å². The SMILES string of the molecule is C=C1CC(C)(C)C(=O)O1. The van der Waals surface area contributed by atoms with Crippen molar-refractivity contribution in [1.29, 1.82) is 0 Å². The van der Waals surface area contributed by atoms with Gasteiger partial charge in [-0.05, 0) is 13.8 Å². The smallest absolute Gasteiger partial charge is 0.317 e. The summed E-state index contributed by atoms with van der Waals surface area (Å²) in [6, 6.07) is 0. The Morgan fingerprint density at radius 2 is 2.22 bits per heavy atom. The monoisotopic (exact) mass is 126 g/mol. The molecule has 0 N–H and O–H groups in total. The third-order valence-electron chi connectivity index (χ3n) is 1.43. The van der Waals surface area contributed by atoms with E-state index in [0.717, 1.165) is 0 Å². The Hall–Kier alpha value is -0.790. The Bertz CT molecular complexity index is 168. The highest BCUT2D eigenvalue weighted by atomic mass is 16.5. The fraction of sp³-hybridized carbons (Fsp3) is 0.571. The van der Waals surface area contributed by atoms with Crippen molar-refractivity contribution >= 4 is 5.97 Å². The number of ether oxygens (including phenoxy) is 1. The molecule has 0 aromatic heterocycles. The number of hydrogen-bond acceptors (Lipinski definition) is 2. The largest absolute Gasteiger partial charge is 0.431 e. The van der Waals surface area contributed by atoms with Crippen LogP contribution in [0.5, 0.6) is 0 Å². The molecule has 1 fully saturated rings. The topological polar surface area (TPSA) is 26.3 Å². The molecule has 0 atom stereocenters. The Morgan fingerprint density at radius 1 is 1.67 bits per heavy atom. The quantitative estimate of drug-likeness (QED) is 0.459. The number of rotatable bonds is 0. The maximum absolute atomic E-state index is 10.8. The Labute approximate surface area is 54.5 Å². The van der Waals surface area contributed by atoms with Gasteiger partial charge in [0.1, 0.15) is 5.76 Å². The summed E-state index contributed by atoms with van der Waals surface area (Å²) in [7, 11) is 0. The zero-order valence-corrected chi connectivity index (χ0v) is 5.73. The third-order valence-corrected chi connectivity index (χ3v) is 1.43. The Balaban J connectivity index is 2.81. The fourth-order valence-corrected chi connectivity index (χ4v) is 0.870. The average Bonchev–Trinajstić information content (AvgIpc) is 1.79. The average molecular weight is 126 g/mol. The number of carbonyl (C=O) groups excluding carboxylic acids is 1. The predicted octanol–water partition coefficient (Wildman–Crippen LogP) is 1.47. The molecule has 1 saturated heterocycles. The number of cyclic esters (lactones) is 1. The highest BCUT2D eigenvalue weighted by molar-refractivity contribution is 5.79. The van der Waals surface area contributed by atoms with Gasteiger partial charge in [-0.1, -0.05) is 6.58 Å². The Morgan fingerprint density at radius 3 is 2.33 bits per heavy atom. The lowest BCUT2D eigenvalue weighted by atomic mass is 9.92. The van der Waals surface area contributed by atoms with Crippen molar-refractivity contribution in [2.75, 3.05) is 0 Å².